The summed E-state index contributed by atoms with van der Waals surface area (Å²) in [5.41, 5.74) is 1.47. The molecule has 1 saturated heterocycles. The second kappa shape index (κ2) is 6.59. The summed E-state index contributed by atoms with van der Waals surface area (Å²) in [6.07, 6.45) is 0. The van der Waals surface area contributed by atoms with E-state index in [0.29, 0.717) is 23.1 Å². The third-order valence-electron chi connectivity index (χ3n) is 4.48. The Morgan fingerprint density at radius 3 is 2.46 bits per heavy atom. The van der Waals surface area contributed by atoms with Gasteiger partial charge in [-0.25, -0.2) is 0 Å². The molecule has 1 aliphatic rings. The Hall–Kier alpha value is -1.82. The summed E-state index contributed by atoms with van der Waals surface area (Å²) in [6, 6.07) is 9.44. The van der Waals surface area contributed by atoms with Crippen molar-refractivity contribution in [3.05, 3.63) is 67.7 Å². The molecule has 1 heterocycles. The minimum Gasteiger partial charge on any atom is -0.508 e. The molecule has 3 rings (SSSR count). The number of non-ortho nitro benzene ring substituents is 1. The fourth-order valence-corrected chi connectivity index (χ4v) is 3.82. The van der Waals surface area contributed by atoms with Gasteiger partial charge < -0.3 is 10.0 Å². The van der Waals surface area contributed by atoms with Crippen molar-refractivity contribution in [1.29, 1.82) is 0 Å². The van der Waals surface area contributed by atoms with Crippen molar-refractivity contribution in [2.24, 2.45) is 0 Å². The first-order chi connectivity index (χ1) is 11.4. The lowest BCUT2D eigenvalue weighted by Crippen LogP contribution is -2.13. The fraction of sp³-hybridized carbons (Fsp3) is 0.294. The molecule has 0 bridgehead atoms. The van der Waals surface area contributed by atoms with Crippen LogP contribution in [-0.2, 0) is 0 Å². The van der Waals surface area contributed by atoms with Gasteiger partial charge in [-0.05, 0) is 36.9 Å². The van der Waals surface area contributed by atoms with Crippen LogP contribution >= 0.6 is 23.2 Å². The number of rotatable bonds is 3. The molecular formula is C17H16Cl2N2O3. The zero-order valence-corrected chi connectivity index (χ0v) is 14.5. The van der Waals surface area contributed by atoms with Gasteiger partial charge in [0, 0.05) is 52.7 Å². The highest BCUT2D eigenvalue weighted by atomic mass is 35.5. The minimum atomic E-state index is -0.426. The molecule has 2 aromatic carbocycles. The third kappa shape index (κ3) is 3.20. The summed E-state index contributed by atoms with van der Waals surface area (Å²) in [7, 11) is 1.97. The summed E-state index contributed by atoms with van der Waals surface area (Å²) in [5, 5.41) is 22.4. The number of nitro groups is 1. The lowest BCUT2D eigenvalue weighted by molar-refractivity contribution is -0.384. The zero-order chi connectivity index (χ0) is 17.4. The number of nitro benzene ring substituents is 1. The van der Waals surface area contributed by atoms with Gasteiger partial charge in [-0.15, -0.1) is 0 Å². The van der Waals surface area contributed by atoms with Gasteiger partial charge in [0.2, 0.25) is 0 Å². The van der Waals surface area contributed by atoms with Gasteiger partial charge in [0.15, 0.2) is 0 Å². The Balaban J connectivity index is 2.07. The Bertz CT molecular complexity index is 797. The molecule has 5 nitrogen and oxygen atoms in total. The van der Waals surface area contributed by atoms with E-state index in [9.17, 15) is 15.2 Å². The van der Waals surface area contributed by atoms with Crippen molar-refractivity contribution in [3.63, 3.8) is 0 Å². The second-order valence-corrected chi connectivity index (χ2v) is 6.94. The summed E-state index contributed by atoms with van der Waals surface area (Å²) in [6.45, 7) is 1.40. The highest BCUT2D eigenvalue weighted by Crippen LogP contribution is 2.45. The molecule has 24 heavy (non-hydrogen) atoms. The van der Waals surface area contributed by atoms with Gasteiger partial charge >= 0.3 is 0 Å². The number of nitrogens with zero attached hydrogens (tertiary/aromatic N) is 2. The molecule has 1 fully saturated rings. The normalized spacial score (nSPS) is 21.1. The largest absolute Gasteiger partial charge is 0.508 e. The van der Waals surface area contributed by atoms with Crippen LogP contribution < -0.4 is 0 Å². The highest BCUT2D eigenvalue weighted by Gasteiger charge is 2.36. The van der Waals surface area contributed by atoms with Crippen molar-refractivity contribution < 1.29 is 10.0 Å². The number of likely N-dealkylation sites (N-methyl/N-ethyl adjacent to an activating group) is 1. The first kappa shape index (κ1) is 17.0. The lowest BCUT2D eigenvalue weighted by Gasteiger charge is -2.21. The van der Waals surface area contributed by atoms with Gasteiger partial charge in [-0.1, -0.05) is 23.2 Å². The second-order valence-electron chi connectivity index (χ2n) is 6.10. The van der Waals surface area contributed by atoms with Gasteiger partial charge in [-0.3, -0.25) is 10.1 Å². The van der Waals surface area contributed by atoms with Crippen LogP contribution in [-0.4, -0.2) is 35.1 Å². The van der Waals surface area contributed by atoms with E-state index in [2.05, 4.69) is 4.90 Å². The summed E-state index contributed by atoms with van der Waals surface area (Å²) >= 11 is 12.4. The van der Waals surface area contributed by atoms with Crippen LogP contribution in [0, 0.1) is 10.1 Å². The van der Waals surface area contributed by atoms with Crippen LogP contribution in [0.4, 0.5) is 5.69 Å². The van der Waals surface area contributed by atoms with E-state index in [1.807, 2.05) is 7.05 Å². The number of hydrogen-bond donors (Lipinski definition) is 1. The van der Waals surface area contributed by atoms with Crippen molar-refractivity contribution >= 4 is 28.9 Å². The molecular weight excluding hydrogens is 351 g/mol. The van der Waals surface area contributed by atoms with Crippen LogP contribution in [0.2, 0.25) is 10.0 Å². The van der Waals surface area contributed by atoms with Crippen LogP contribution in [0.15, 0.2) is 36.4 Å². The molecule has 0 saturated carbocycles. The Kier molecular flexibility index (Phi) is 4.67. The molecule has 1 N–H and O–H groups in total. The predicted molar refractivity (Wildman–Crippen MR) is 94.2 cm³/mol. The smallest absolute Gasteiger partial charge is 0.269 e. The Labute approximate surface area is 149 Å². The summed E-state index contributed by atoms with van der Waals surface area (Å²) in [5.74, 6) is 0.0613. The number of phenols is 1. The third-order valence-corrected chi connectivity index (χ3v) is 5.06. The van der Waals surface area contributed by atoms with E-state index in [4.69, 9.17) is 23.2 Å². The number of hydrogen-bond acceptors (Lipinski definition) is 4. The molecule has 0 aromatic heterocycles. The molecule has 0 aliphatic carbocycles. The first-order valence-corrected chi connectivity index (χ1v) is 8.23. The Morgan fingerprint density at radius 1 is 1.12 bits per heavy atom. The van der Waals surface area contributed by atoms with E-state index >= 15 is 0 Å². The molecule has 0 radical (unpaired) electrons. The predicted octanol–water partition coefficient (Wildman–Crippen LogP) is 4.42. The average Bonchev–Trinajstić information content (AvgIpc) is 2.91. The molecule has 0 spiro atoms. The standard InChI is InChI=1S/C17H16Cl2N2O3/c1-20-8-14(12-7-11(21(23)24)3-4-16(12)19)15(9-20)13-6-10(18)2-5-17(13)22/h2-7,14-15,22H,8-9H2,1H3/t14-,15-/m0/s1. The molecule has 2 atom stereocenters. The van der Waals surface area contributed by atoms with Gasteiger partial charge in [0.25, 0.3) is 5.69 Å². The molecule has 7 heteroatoms. The van der Waals surface area contributed by atoms with Crippen LogP contribution in [0.3, 0.4) is 0 Å². The molecule has 126 valence electrons. The van der Waals surface area contributed by atoms with Crippen LogP contribution in [0.25, 0.3) is 0 Å². The summed E-state index contributed by atoms with van der Waals surface area (Å²) < 4.78 is 0. The van der Waals surface area contributed by atoms with Crippen molar-refractivity contribution in [2.45, 2.75) is 11.8 Å². The zero-order valence-electron chi connectivity index (χ0n) is 12.9. The number of likely N-dealkylation sites (tertiary alicyclic amines) is 1. The molecule has 2 aromatic rings. The number of phenolic OH excluding ortho intramolecular Hbond substituents is 1. The van der Waals surface area contributed by atoms with E-state index < -0.39 is 4.92 Å². The number of benzene rings is 2. The van der Waals surface area contributed by atoms with Gasteiger partial charge in [-0.2, -0.15) is 0 Å². The minimum absolute atomic E-state index is 0.0121. The van der Waals surface area contributed by atoms with Crippen molar-refractivity contribution in [3.8, 4) is 5.75 Å². The maximum absolute atomic E-state index is 11.1. The Morgan fingerprint density at radius 2 is 1.79 bits per heavy atom. The number of aromatic hydroxyl groups is 1. The van der Waals surface area contributed by atoms with Crippen LogP contribution in [0.1, 0.15) is 23.0 Å². The molecule has 0 amide bonds. The maximum Gasteiger partial charge on any atom is 0.269 e. The van der Waals surface area contributed by atoms with E-state index in [-0.39, 0.29) is 23.3 Å². The molecule has 1 aliphatic heterocycles. The summed E-state index contributed by atoms with van der Waals surface area (Å²) in [4.78, 5) is 12.8. The SMILES string of the molecule is CN1C[C@@H](c2cc(Cl)ccc2O)[C@H](c2cc([N+](=O)[O-])ccc2Cl)C1. The highest BCUT2D eigenvalue weighted by molar-refractivity contribution is 6.31. The molecule has 0 unspecified atom stereocenters. The monoisotopic (exact) mass is 366 g/mol. The van der Waals surface area contributed by atoms with Crippen LogP contribution in [0.5, 0.6) is 5.75 Å². The average molecular weight is 367 g/mol. The number of halogens is 2. The topological polar surface area (TPSA) is 66.6 Å². The van der Waals surface area contributed by atoms with Crippen molar-refractivity contribution in [1.82, 2.24) is 4.90 Å². The fourth-order valence-electron chi connectivity index (χ4n) is 3.38. The lowest BCUT2D eigenvalue weighted by atomic mass is 9.83. The van der Waals surface area contributed by atoms with Gasteiger partial charge in [0.1, 0.15) is 5.75 Å². The quantitative estimate of drug-likeness (QED) is 0.644. The van der Waals surface area contributed by atoms with E-state index in [1.54, 1.807) is 24.3 Å². The maximum atomic E-state index is 11.1. The van der Waals surface area contributed by atoms with Crippen molar-refractivity contribution in [2.75, 3.05) is 20.1 Å². The van der Waals surface area contributed by atoms with Gasteiger partial charge in [0.05, 0.1) is 4.92 Å². The van der Waals surface area contributed by atoms with E-state index in [1.165, 1.54) is 12.1 Å². The first-order valence-electron chi connectivity index (χ1n) is 7.47. The van der Waals surface area contributed by atoms with E-state index in [0.717, 1.165) is 11.1 Å².